The van der Waals surface area contributed by atoms with Gasteiger partial charge in [-0.15, -0.1) is 11.8 Å². The third-order valence-electron chi connectivity index (χ3n) is 3.75. The van der Waals surface area contributed by atoms with Crippen molar-refractivity contribution in [2.45, 2.75) is 30.1 Å². The Morgan fingerprint density at radius 3 is 2.41 bits per heavy atom. The molecular weight excluding hydrogens is 382 g/mol. The molecular formula is C19H21N3O3S2. The molecule has 0 spiro atoms. The van der Waals surface area contributed by atoms with Crippen LogP contribution in [0.25, 0.3) is 0 Å². The van der Waals surface area contributed by atoms with Gasteiger partial charge in [-0.05, 0) is 42.2 Å². The smallest absolute Gasteiger partial charge is 0.261 e. The highest BCUT2D eigenvalue weighted by Crippen LogP contribution is 2.29. The van der Waals surface area contributed by atoms with Crippen LogP contribution in [-0.4, -0.2) is 20.6 Å². The summed E-state index contributed by atoms with van der Waals surface area (Å²) in [5.41, 5.74) is 1.68. The van der Waals surface area contributed by atoms with Crippen molar-refractivity contribution in [1.82, 2.24) is 0 Å². The maximum Gasteiger partial charge on any atom is 0.261 e. The molecule has 0 saturated heterocycles. The lowest BCUT2D eigenvalue weighted by molar-refractivity contribution is -0.118. The van der Waals surface area contributed by atoms with E-state index in [0.717, 1.165) is 10.5 Å². The number of hydrogen-bond acceptors (Lipinski definition) is 5. The number of carbonyl (C=O) groups is 1. The van der Waals surface area contributed by atoms with E-state index in [1.807, 2.05) is 12.3 Å². The lowest BCUT2D eigenvalue weighted by atomic mass is 10.1. The SMILES string of the molecule is CSc1ccc(S(=O)(=O)Nc2ccc(CC#N)cc2)cc1NC(=O)C(C)C. The third kappa shape index (κ3) is 5.49. The van der Waals surface area contributed by atoms with Crippen molar-refractivity contribution in [2.75, 3.05) is 16.3 Å². The highest BCUT2D eigenvalue weighted by atomic mass is 32.2. The first kappa shape index (κ1) is 20.8. The molecule has 1 amide bonds. The van der Waals surface area contributed by atoms with Crippen molar-refractivity contribution < 1.29 is 13.2 Å². The van der Waals surface area contributed by atoms with Gasteiger partial charge in [-0.3, -0.25) is 9.52 Å². The minimum Gasteiger partial charge on any atom is -0.325 e. The Balaban J connectivity index is 2.29. The Kier molecular flexibility index (Phi) is 6.88. The Morgan fingerprint density at radius 1 is 1.19 bits per heavy atom. The van der Waals surface area contributed by atoms with Crippen LogP contribution in [0.5, 0.6) is 0 Å². The van der Waals surface area contributed by atoms with E-state index in [1.54, 1.807) is 44.2 Å². The number of sulfonamides is 1. The zero-order valence-electron chi connectivity index (χ0n) is 15.3. The van der Waals surface area contributed by atoms with Gasteiger partial charge >= 0.3 is 0 Å². The molecule has 0 aromatic heterocycles. The number of nitrogens with one attached hydrogen (secondary N) is 2. The molecule has 0 unspecified atom stereocenters. The van der Waals surface area contributed by atoms with Gasteiger partial charge in [-0.1, -0.05) is 26.0 Å². The molecule has 0 atom stereocenters. The summed E-state index contributed by atoms with van der Waals surface area (Å²) in [6, 6.07) is 13.3. The predicted octanol–water partition coefficient (Wildman–Crippen LogP) is 3.87. The van der Waals surface area contributed by atoms with E-state index in [4.69, 9.17) is 5.26 Å². The molecule has 0 fully saturated rings. The molecule has 27 heavy (non-hydrogen) atoms. The van der Waals surface area contributed by atoms with Gasteiger partial charge in [0.1, 0.15) is 0 Å². The van der Waals surface area contributed by atoms with Gasteiger partial charge in [0.05, 0.1) is 23.1 Å². The summed E-state index contributed by atoms with van der Waals surface area (Å²) >= 11 is 1.42. The Labute approximate surface area is 164 Å². The maximum absolute atomic E-state index is 12.7. The number of carbonyl (C=O) groups excluding carboxylic acids is 1. The number of benzene rings is 2. The zero-order chi connectivity index (χ0) is 20.0. The molecule has 0 saturated carbocycles. The van der Waals surface area contributed by atoms with Gasteiger partial charge in [-0.2, -0.15) is 5.26 Å². The standard InChI is InChI=1S/C19H21N3O3S2/c1-13(2)19(23)21-17-12-16(8-9-18(17)26-3)27(24,25)22-15-6-4-14(5-7-15)10-11-20/h4-9,12-13,22H,10H2,1-3H3,(H,21,23). The van der Waals surface area contributed by atoms with Gasteiger partial charge in [0.25, 0.3) is 10.0 Å². The van der Waals surface area contributed by atoms with Gasteiger partial charge in [0.2, 0.25) is 5.91 Å². The summed E-state index contributed by atoms with van der Waals surface area (Å²) in [6.45, 7) is 3.54. The first-order chi connectivity index (χ1) is 12.8. The average Bonchev–Trinajstić information content (AvgIpc) is 2.63. The van der Waals surface area contributed by atoms with Crippen LogP contribution in [0.1, 0.15) is 19.4 Å². The summed E-state index contributed by atoms with van der Waals surface area (Å²) < 4.78 is 27.9. The van der Waals surface area contributed by atoms with Crippen LogP contribution in [0.3, 0.4) is 0 Å². The maximum atomic E-state index is 12.7. The second-order valence-corrected chi connectivity index (χ2v) is 8.67. The molecule has 0 aliphatic carbocycles. The van der Waals surface area contributed by atoms with Crippen molar-refractivity contribution in [3.05, 3.63) is 48.0 Å². The second kappa shape index (κ2) is 8.93. The molecule has 0 aliphatic rings. The molecule has 0 heterocycles. The van der Waals surface area contributed by atoms with Crippen LogP contribution in [0.2, 0.25) is 0 Å². The van der Waals surface area contributed by atoms with E-state index in [-0.39, 0.29) is 23.1 Å². The van der Waals surface area contributed by atoms with Gasteiger partial charge in [0, 0.05) is 16.5 Å². The molecule has 0 radical (unpaired) electrons. The van der Waals surface area contributed by atoms with E-state index in [1.165, 1.54) is 23.9 Å². The van der Waals surface area contributed by atoms with Crippen LogP contribution in [0.4, 0.5) is 11.4 Å². The molecule has 2 N–H and O–H groups in total. The van der Waals surface area contributed by atoms with Gasteiger partial charge in [0.15, 0.2) is 0 Å². The lowest BCUT2D eigenvalue weighted by Crippen LogP contribution is -2.19. The highest BCUT2D eigenvalue weighted by molar-refractivity contribution is 7.98. The van der Waals surface area contributed by atoms with Crippen LogP contribution < -0.4 is 10.0 Å². The number of rotatable bonds is 7. The quantitative estimate of drug-likeness (QED) is 0.684. The minimum absolute atomic E-state index is 0.0560. The fraction of sp³-hybridized carbons (Fsp3) is 0.263. The van der Waals surface area contributed by atoms with E-state index in [9.17, 15) is 13.2 Å². The number of thioether (sulfide) groups is 1. The lowest BCUT2D eigenvalue weighted by Gasteiger charge is -2.14. The predicted molar refractivity (Wildman–Crippen MR) is 108 cm³/mol. The average molecular weight is 404 g/mol. The number of amides is 1. The van der Waals surface area contributed by atoms with E-state index >= 15 is 0 Å². The Bertz CT molecular complexity index is 963. The first-order valence-corrected chi connectivity index (χ1v) is 10.9. The summed E-state index contributed by atoms with van der Waals surface area (Å²) in [6.07, 6.45) is 2.12. The van der Waals surface area contributed by atoms with Crippen molar-refractivity contribution >= 4 is 39.1 Å². The normalized spacial score (nSPS) is 11.1. The summed E-state index contributed by atoms with van der Waals surface area (Å²) in [7, 11) is -3.82. The van der Waals surface area contributed by atoms with Crippen LogP contribution in [0, 0.1) is 17.2 Å². The first-order valence-electron chi connectivity index (χ1n) is 8.24. The van der Waals surface area contributed by atoms with Crippen LogP contribution in [-0.2, 0) is 21.2 Å². The number of nitrogens with zero attached hydrogens (tertiary/aromatic N) is 1. The second-order valence-electron chi connectivity index (χ2n) is 6.14. The number of anilines is 2. The van der Waals surface area contributed by atoms with Crippen molar-refractivity contribution in [3.63, 3.8) is 0 Å². The monoisotopic (exact) mass is 403 g/mol. The molecule has 2 aromatic rings. The van der Waals surface area contributed by atoms with Crippen molar-refractivity contribution in [3.8, 4) is 6.07 Å². The molecule has 0 bridgehead atoms. The summed E-state index contributed by atoms with van der Waals surface area (Å²) in [4.78, 5) is 12.8. The fourth-order valence-electron chi connectivity index (χ4n) is 2.23. The van der Waals surface area contributed by atoms with Crippen LogP contribution in [0.15, 0.2) is 52.3 Å². The van der Waals surface area contributed by atoms with Gasteiger partial charge in [-0.25, -0.2) is 8.42 Å². The van der Waals surface area contributed by atoms with Crippen LogP contribution >= 0.6 is 11.8 Å². The van der Waals surface area contributed by atoms with Crippen molar-refractivity contribution in [2.24, 2.45) is 5.92 Å². The number of nitriles is 1. The van der Waals surface area contributed by atoms with E-state index < -0.39 is 10.0 Å². The van der Waals surface area contributed by atoms with E-state index in [2.05, 4.69) is 10.0 Å². The van der Waals surface area contributed by atoms with E-state index in [0.29, 0.717) is 11.4 Å². The Morgan fingerprint density at radius 2 is 1.85 bits per heavy atom. The highest BCUT2D eigenvalue weighted by Gasteiger charge is 2.18. The molecule has 2 rings (SSSR count). The van der Waals surface area contributed by atoms with Crippen molar-refractivity contribution in [1.29, 1.82) is 5.26 Å². The largest absolute Gasteiger partial charge is 0.325 e. The summed E-state index contributed by atoms with van der Waals surface area (Å²) in [5, 5.41) is 11.5. The molecule has 0 aliphatic heterocycles. The topological polar surface area (TPSA) is 99.1 Å². The molecule has 6 nitrogen and oxygen atoms in total. The minimum atomic E-state index is -3.82. The third-order valence-corrected chi connectivity index (χ3v) is 5.93. The molecule has 2 aromatic carbocycles. The Hall–Kier alpha value is -2.50. The fourth-order valence-corrected chi connectivity index (χ4v) is 3.84. The zero-order valence-corrected chi connectivity index (χ0v) is 16.9. The number of hydrogen-bond donors (Lipinski definition) is 2. The molecule has 8 heteroatoms. The summed E-state index contributed by atoms with van der Waals surface area (Å²) in [5.74, 6) is -0.397. The van der Waals surface area contributed by atoms with Gasteiger partial charge < -0.3 is 5.32 Å². The molecule has 142 valence electrons.